The molecule has 7 heteroatoms. The van der Waals surface area contributed by atoms with Gasteiger partial charge in [-0.1, -0.05) is 15.9 Å². The molecule has 2 unspecified atom stereocenters. The van der Waals surface area contributed by atoms with Crippen LogP contribution in [0.4, 0.5) is 5.69 Å². The molecule has 21 heavy (non-hydrogen) atoms. The summed E-state index contributed by atoms with van der Waals surface area (Å²) >= 11 is 10.3. The molecule has 1 aromatic carbocycles. The van der Waals surface area contributed by atoms with Crippen LogP contribution >= 0.6 is 47.8 Å². The zero-order valence-electron chi connectivity index (χ0n) is 11.7. The van der Waals surface area contributed by atoms with E-state index < -0.39 is 0 Å². The smallest absolute Gasteiger partial charge is 0.238 e. The number of nitrogens with two attached hydrogens (primary N) is 1. The number of halogens is 3. The maximum atomic E-state index is 12.2. The van der Waals surface area contributed by atoms with Crippen LogP contribution in [-0.2, 0) is 4.79 Å². The molecule has 0 bridgehead atoms. The van der Waals surface area contributed by atoms with Gasteiger partial charge in [0, 0.05) is 26.0 Å². The highest BCUT2D eigenvalue weighted by Crippen LogP contribution is 2.34. The van der Waals surface area contributed by atoms with Gasteiger partial charge in [0.1, 0.15) is 0 Å². The molecule has 1 amide bonds. The van der Waals surface area contributed by atoms with E-state index in [2.05, 4.69) is 58.0 Å². The maximum Gasteiger partial charge on any atom is 0.238 e. The highest BCUT2D eigenvalue weighted by Gasteiger charge is 2.26. The SMILES string of the molecule is CC(N)C1CCN(CC(=O)Nc2c(Br)cc(Br)cc2Br)C1. The van der Waals surface area contributed by atoms with Crippen molar-refractivity contribution in [3.63, 3.8) is 0 Å². The van der Waals surface area contributed by atoms with Crippen molar-refractivity contribution in [3.8, 4) is 0 Å². The fraction of sp³-hybridized carbons (Fsp3) is 0.500. The first-order chi connectivity index (χ1) is 9.86. The van der Waals surface area contributed by atoms with Crippen LogP contribution in [0.1, 0.15) is 13.3 Å². The van der Waals surface area contributed by atoms with Gasteiger partial charge in [0.2, 0.25) is 5.91 Å². The molecule has 3 N–H and O–H groups in total. The molecule has 4 nitrogen and oxygen atoms in total. The van der Waals surface area contributed by atoms with Crippen molar-refractivity contribution < 1.29 is 4.79 Å². The monoisotopic (exact) mass is 481 g/mol. The number of nitrogens with one attached hydrogen (secondary N) is 1. The van der Waals surface area contributed by atoms with E-state index in [1.54, 1.807) is 0 Å². The lowest BCUT2D eigenvalue weighted by Gasteiger charge is -2.18. The minimum Gasteiger partial charge on any atom is -0.328 e. The Balaban J connectivity index is 1.94. The van der Waals surface area contributed by atoms with E-state index in [0.717, 1.165) is 38.6 Å². The van der Waals surface area contributed by atoms with Crippen LogP contribution < -0.4 is 11.1 Å². The van der Waals surface area contributed by atoms with Gasteiger partial charge in [0.15, 0.2) is 0 Å². The van der Waals surface area contributed by atoms with Gasteiger partial charge in [0.05, 0.1) is 12.2 Å². The van der Waals surface area contributed by atoms with Gasteiger partial charge in [-0.2, -0.15) is 0 Å². The van der Waals surface area contributed by atoms with Crippen molar-refractivity contribution in [2.45, 2.75) is 19.4 Å². The summed E-state index contributed by atoms with van der Waals surface area (Å²) in [5, 5.41) is 2.95. The molecule has 0 radical (unpaired) electrons. The van der Waals surface area contributed by atoms with Crippen molar-refractivity contribution in [1.29, 1.82) is 0 Å². The van der Waals surface area contributed by atoms with E-state index in [1.165, 1.54) is 0 Å². The lowest BCUT2D eigenvalue weighted by Crippen LogP contribution is -2.34. The van der Waals surface area contributed by atoms with Crippen LogP contribution in [0.3, 0.4) is 0 Å². The molecule has 0 aromatic heterocycles. The number of likely N-dealkylation sites (tertiary alicyclic amines) is 1. The molecule has 1 aromatic rings. The Morgan fingerprint density at radius 1 is 1.43 bits per heavy atom. The Kier molecular flexibility index (Phi) is 6.25. The molecule has 0 spiro atoms. The van der Waals surface area contributed by atoms with E-state index in [1.807, 2.05) is 19.1 Å². The number of rotatable bonds is 4. The van der Waals surface area contributed by atoms with E-state index in [-0.39, 0.29) is 11.9 Å². The molecule has 1 aliphatic rings. The lowest BCUT2D eigenvalue weighted by atomic mass is 10.0. The summed E-state index contributed by atoms with van der Waals surface area (Å²) < 4.78 is 2.62. The second-order valence-electron chi connectivity index (χ2n) is 5.44. The van der Waals surface area contributed by atoms with E-state index in [0.29, 0.717) is 12.5 Å². The summed E-state index contributed by atoms with van der Waals surface area (Å²) in [6, 6.07) is 4.00. The Bertz CT molecular complexity index is 513. The molecular formula is C14H18Br3N3O. The number of hydrogen-bond donors (Lipinski definition) is 2. The minimum absolute atomic E-state index is 0.0101. The highest BCUT2D eigenvalue weighted by molar-refractivity contribution is 9.11. The third-order valence-corrected chi connectivity index (χ3v) is 5.40. The molecule has 116 valence electrons. The second kappa shape index (κ2) is 7.55. The summed E-state index contributed by atoms with van der Waals surface area (Å²) in [6.07, 6.45) is 1.07. The zero-order chi connectivity index (χ0) is 15.6. The number of hydrogen-bond acceptors (Lipinski definition) is 3. The van der Waals surface area contributed by atoms with Crippen molar-refractivity contribution in [2.24, 2.45) is 11.7 Å². The zero-order valence-corrected chi connectivity index (χ0v) is 16.5. The fourth-order valence-electron chi connectivity index (χ4n) is 2.48. The molecule has 2 rings (SSSR count). The van der Waals surface area contributed by atoms with Crippen LogP contribution in [0.25, 0.3) is 0 Å². The Morgan fingerprint density at radius 2 is 2.05 bits per heavy atom. The number of carbonyl (C=O) groups is 1. The van der Waals surface area contributed by atoms with Gasteiger partial charge < -0.3 is 11.1 Å². The predicted molar refractivity (Wildman–Crippen MR) is 96.4 cm³/mol. The molecule has 1 saturated heterocycles. The van der Waals surface area contributed by atoms with Gasteiger partial charge in [-0.15, -0.1) is 0 Å². The van der Waals surface area contributed by atoms with Crippen LogP contribution in [0.5, 0.6) is 0 Å². The quantitative estimate of drug-likeness (QED) is 0.688. The first-order valence-corrected chi connectivity index (χ1v) is 9.17. The largest absolute Gasteiger partial charge is 0.328 e. The van der Waals surface area contributed by atoms with Crippen LogP contribution in [0, 0.1) is 5.92 Å². The van der Waals surface area contributed by atoms with Crippen molar-refractivity contribution >= 4 is 59.4 Å². The first kappa shape index (κ1) is 17.4. The minimum atomic E-state index is -0.0101. The number of benzene rings is 1. The summed E-state index contributed by atoms with van der Waals surface area (Å²) in [5.74, 6) is 0.480. The third-order valence-electron chi connectivity index (χ3n) is 3.69. The normalized spacial score (nSPS) is 20.5. The topological polar surface area (TPSA) is 58.4 Å². The fourth-order valence-corrected chi connectivity index (χ4v) is 4.94. The third kappa shape index (κ3) is 4.76. The predicted octanol–water partition coefficient (Wildman–Crippen LogP) is 3.58. The molecular weight excluding hydrogens is 466 g/mol. The van der Waals surface area contributed by atoms with Crippen molar-refractivity contribution in [3.05, 3.63) is 25.6 Å². The van der Waals surface area contributed by atoms with Crippen LogP contribution in [0.2, 0.25) is 0 Å². The summed E-state index contributed by atoms with van der Waals surface area (Å²) in [4.78, 5) is 14.4. The van der Waals surface area contributed by atoms with E-state index in [9.17, 15) is 4.79 Å². The van der Waals surface area contributed by atoms with Crippen molar-refractivity contribution in [2.75, 3.05) is 25.0 Å². The van der Waals surface area contributed by atoms with Crippen molar-refractivity contribution in [1.82, 2.24) is 4.90 Å². The van der Waals surface area contributed by atoms with E-state index >= 15 is 0 Å². The average molecular weight is 484 g/mol. The standard InChI is InChI=1S/C14H18Br3N3O/c1-8(18)9-2-3-20(6-9)7-13(21)19-14-11(16)4-10(15)5-12(14)17/h4-5,8-9H,2-3,6-7,18H2,1H3,(H,19,21). The molecule has 0 aliphatic carbocycles. The Hall–Kier alpha value is 0.0500. The number of carbonyl (C=O) groups excluding carboxylic acids is 1. The number of nitrogens with zero attached hydrogens (tertiary/aromatic N) is 1. The molecule has 1 fully saturated rings. The van der Waals surface area contributed by atoms with E-state index in [4.69, 9.17) is 5.73 Å². The van der Waals surface area contributed by atoms with Gasteiger partial charge in [-0.05, 0) is 69.8 Å². The second-order valence-corrected chi connectivity index (χ2v) is 8.06. The Morgan fingerprint density at radius 3 is 2.57 bits per heavy atom. The maximum absolute atomic E-state index is 12.2. The summed E-state index contributed by atoms with van der Waals surface area (Å²) in [7, 11) is 0. The number of anilines is 1. The Labute approximate surface area is 150 Å². The van der Waals surface area contributed by atoms with Gasteiger partial charge >= 0.3 is 0 Å². The van der Waals surface area contributed by atoms with Crippen LogP contribution in [-0.4, -0.2) is 36.5 Å². The first-order valence-electron chi connectivity index (χ1n) is 6.79. The molecule has 0 saturated carbocycles. The molecule has 1 heterocycles. The van der Waals surface area contributed by atoms with Gasteiger partial charge in [0.25, 0.3) is 0 Å². The van der Waals surface area contributed by atoms with Gasteiger partial charge in [-0.3, -0.25) is 9.69 Å². The van der Waals surface area contributed by atoms with Crippen LogP contribution in [0.15, 0.2) is 25.6 Å². The summed E-state index contributed by atoms with van der Waals surface area (Å²) in [5.41, 5.74) is 6.68. The molecule has 2 atom stereocenters. The average Bonchev–Trinajstić information content (AvgIpc) is 2.82. The van der Waals surface area contributed by atoms with Gasteiger partial charge in [-0.25, -0.2) is 0 Å². The number of amides is 1. The highest BCUT2D eigenvalue weighted by atomic mass is 79.9. The lowest BCUT2D eigenvalue weighted by molar-refractivity contribution is -0.117. The summed E-state index contributed by atoms with van der Waals surface area (Å²) in [6.45, 7) is 4.26. The molecule has 1 aliphatic heterocycles.